The summed E-state index contributed by atoms with van der Waals surface area (Å²) in [5, 5.41) is 32.3. The molecule has 2 aromatic heterocycles. The SMILES string of the molecule is CCOC(COC(=N)/C=C(\O)C(C(=O)N1C[C@H](O)C[C@H]1C(=O)NC(C)c1cnc(-c2scnc2C)cn1)C(C)C)OCC. The van der Waals surface area contributed by atoms with Crippen LogP contribution in [-0.2, 0) is 23.8 Å². The van der Waals surface area contributed by atoms with Crippen LogP contribution in [0.4, 0.5) is 0 Å². The van der Waals surface area contributed by atoms with E-state index in [-0.39, 0.29) is 37.1 Å². The predicted molar refractivity (Wildman–Crippen MR) is 160 cm³/mol. The standard InChI is InChI=1S/C29H42N6O7S/c1-7-40-25(41-8-2)14-42-24(30)10-23(37)26(16(3)4)29(39)35-13-19(36)9-22(35)28(38)34-17(5)20-11-32-21(12-31-20)27-18(6)33-15-43-27/h10-12,15-17,19,22,25-26,30,36-37H,7-9,13-14H2,1-6H3,(H,34,38)/b23-10-,30-24?/t17?,19-,22+,26?/m1/s1. The maximum atomic E-state index is 13.7. The Hall–Kier alpha value is -3.46. The van der Waals surface area contributed by atoms with Crippen LogP contribution >= 0.6 is 11.3 Å². The number of aliphatic hydroxyl groups is 2. The molecule has 43 heavy (non-hydrogen) atoms. The van der Waals surface area contributed by atoms with Crippen LogP contribution in [0.5, 0.6) is 0 Å². The van der Waals surface area contributed by atoms with E-state index in [0.29, 0.717) is 24.6 Å². The van der Waals surface area contributed by atoms with Gasteiger partial charge in [-0.2, -0.15) is 0 Å². The number of nitrogens with one attached hydrogen (secondary N) is 2. The van der Waals surface area contributed by atoms with Gasteiger partial charge >= 0.3 is 0 Å². The van der Waals surface area contributed by atoms with E-state index in [1.54, 1.807) is 38.7 Å². The van der Waals surface area contributed by atoms with Crippen LogP contribution in [0.25, 0.3) is 10.6 Å². The Morgan fingerprint density at radius 2 is 1.88 bits per heavy atom. The average Bonchev–Trinajstić information content (AvgIpc) is 3.57. The second-order valence-electron chi connectivity index (χ2n) is 10.5. The molecular formula is C29H42N6O7S. The summed E-state index contributed by atoms with van der Waals surface area (Å²) in [4.78, 5) is 42.4. The Labute approximate surface area is 255 Å². The van der Waals surface area contributed by atoms with Crippen molar-refractivity contribution in [2.45, 2.75) is 72.4 Å². The highest BCUT2D eigenvalue weighted by atomic mass is 32.1. The van der Waals surface area contributed by atoms with Crippen molar-refractivity contribution in [2.75, 3.05) is 26.4 Å². The summed E-state index contributed by atoms with van der Waals surface area (Å²) >= 11 is 1.47. The van der Waals surface area contributed by atoms with Gasteiger partial charge in [-0.05, 0) is 33.6 Å². The molecule has 0 spiro atoms. The Balaban J connectivity index is 1.68. The summed E-state index contributed by atoms with van der Waals surface area (Å²) < 4.78 is 16.2. The molecule has 0 aromatic carbocycles. The van der Waals surface area contributed by atoms with Crippen molar-refractivity contribution in [3.8, 4) is 10.6 Å². The molecule has 4 N–H and O–H groups in total. The van der Waals surface area contributed by atoms with Gasteiger partial charge in [0, 0.05) is 32.3 Å². The van der Waals surface area contributed by atoms with Gasteiger partial charge in [0.1, 0.15) is 24.1 Å². The fourth-order valence-corrected chi connectivity index (χ4v) is 5.55. The number of aromatic nitrogens is 3. The predicted octanol–water partition coefficient (Wildman–Crippen LogP) is 3.15. The second-order valence-corrected chi connectivity index (χ2v) is 11.4. The lowest BCUT2D eigenvalue weighted by atomic mass is 9.91. The number of carbonyl (C=O) groups excluding carboxylic acids is 2. The number of likely N-dealkylation sites (tertiary alicyclic amines) is 1. The van der Waals surface area contributed by atoms with Crippen LogP contribution in [-0.4, -0.2) is 92.6 Å². The molecule has 2 unspecified atom stereocenters. The highest BCUT2D eigenvalue weighted by Crippen LogP contribution is 2.28. The molecule has 1 saturated heterocycles. The van der Waals surface area contributed by atoms with Crippen molar-refractivity contribution in [3.05, 3.63) is 41.1 Å². The zero-order valence-electron chi connectivity index (χ0n) is 25.4. The van der Waals surface area contributed by atoms with E-state index in [1.165, 1.54) is 16.2 Å². The summed E-state index contributed by atoms with van der Waals surface area (Å²) in [6.07, 6.45) is 2.75. The van der Waals surface area contributed by atoms with Gasteiger partial charge in [-0.25, -0.2) is 4.98 Å². The van der Waals surface area contributed by atoms with E-state index in [9.17, 15) is 19.8 Å². The number of carbonyl (C=O) groups is 2. The third-order valence-electron chi connectivity index (χ3n) is 6.93. The first-order chi connectivity index (χ1) is 20.5. The van der Waals surface area contributed by atoms with Crippen LogP contribution in [0.1, 0.15) is 58.5 Å². The molecule has 1 aliphatic rings. The molecule has 0 saturated carbocycles. The molecule has 3 heterocycles. The van der Waals surface area contributed by atoms with Gasteiger partial charge in [-0.3, -0.25) is 25.0 Å². The van der Waals surface area contributed by atoms with E-state index < -0.39 is 42.2 Å². The highest BCUT2D eigenvalue weighted by molar-refractivity contribution is 7.13. The minimum atomic E-state index is -1.06. The van der Waals surface area contributed by atoms with Gasteiger partial charge in [-0.1, -0.05) is 13.8 Å². The van der Waals surface area contributed by atoms with E-state index in [1.807, 2.05) is 20.8 Å². The van der Waals surface area contributed by atoms with Crippen LogP contribution in [0.2, 0.25) is 0 Å². The van der Waals surface area contributed by atoms with Gasteiger partial charge in [0.15, 0.2) is 6.29 Å². The van der Waals surface area contributed by atoms with Gasteiger partial charge in [0.2, 0.25) is 17.7 Å². The third-order valence-corrected chi connectivity index (χ3v) is 7.88. The number of amides is 2. The highest BCUT2D eigenvalue weighted by Gasteiger charge is 2.43. The first-order valence-electron chi connectivity index (χ1n) is 14.3. The van der Waals surface area contributed by atoms with Crippen LogP contribution < -0.4 is 5.32 Å². The largest absolute Gasteiger partial charge is 0.511 e. The first kappa shape index (κ1) is 34.0. The number of ether oxygens (including phenoxy) is 3. The summed E-state index contributed by atoms with van der Waals surface area (Å²) in [6.45, 7) is 11.4. The fraction of sp³-hybridized carbons (Fsp3) is 0.586. The molecule has 0 bridgehead atoms. The second kappa shape index (κ2) is 15.8. The lowest BCUT2D eigenvalue weighted by molar-refractivity contribution is -0.154. The molecule has 3 rings (SSSR count). The van der Waals surface area contributed by atoms with Crippen molar-refractivity contribution < 1.29 is 34.0 Å². The molecule has 4 atom stereocenters. The average molecular weight is 619 g/mol. The number of hydrogen-bond donors (Lipinski definition) is 4. The summed E-state index contributed by atoms with van der Waals surface area (Å²) in [5.74, 6) is -3.19. The van der Waals surface area contributed by atoms with E-state index in [4.69, 9.17) is 19.6 Å². The van der Waals surface area contributed by atoms with Gasteiger partial charge in [0.25, 0.3) is 0 Å². The lowest BCUT2D eigenvalue weighted by Crippen LogP contribution is -2.49. The van der Waals surface area contributed by atoms with Gasteiger partial charge < -0.3 is 34.6 Å². The smallest absolute Gasteiger partial charge is 0.243 e. The monoisotopic (exact) mass is 618 g/mol. The Kier molecular flexibility index (Phi) is 12.5. The van der Waals surface area contributed by atoms with Crippen molar-refractivity contribution >= 4 is 29.0 Å². The molecule has 2 aromatic rings. The molecule has 0 aliphatic carbocycles. The number of thiazole rings is 1. The molecule has 14 heteroatoms. The number of rotatable bonds is 14. The Bertz CT molecular complexity index is 1260. The first-order valence-corrected chi connectivity index (χ1v) is 15.2. The quantitative estimate of drug-likeness (QED) is 0.106. The van der Waals surface area contributed by atoms with Crippen LogP contribution in [0, 0.1) is 24.2 Å². The van der Waals surface area contributed by atoms with Crippen LogP contribution in [0.15, 0.2) is 29.7 Å². The zero-order chi connectivity index (χ0) is 31.7. The molecule has 2 amide bonds. The topological polar surface area (TPSA) is 180 Å². The molecular weight excluding hydrogens is 576 g/mol. The fourth-order valence-electron chi connectivity index (χ4n) is 4.79. The molecule has 1 fully saturated rings. The van der Waals surface area contributed by atoms with Crippen molar-refractivity contribution in [3.63, 3.8) is 0 Å². The molecule has 0 radical (unpaired) electrons. The number of aliphatic hydroxyl groups excluding tert-OH is 2. The summed E-state index contributed by atoms with van der Waals surface area (Å²) in [5.41, 5.74) is 3.82. The van der Waals surface area contributed by atoms with Gasteiger partial charge in [0.05, 0.1) is 52.2 Å². The van der Waals surface area contributed by atoms with Crippen molar-refractivity contribution in [2.24, 2.45) is 11.8 Å². The zero-order valence-corrected chi connectivity index (χ0v) is 26.3. The normalized spacial score (nSPS) is 18.6. The summed E-state index contributed by atoms with van der Waals surface area (Å²) in [6, 6.07) is -1.48. The summed E-state index contributed by atoms with van der Waals surface area (Å²) in [7, 11) is 0. The molecule has 13 nitrogen and oxygen atoms in total. The Morgan fingerprint density at radius 3 is 2.44 bits per heavy atom. The van der Waals surface area contributed by atoms with Crippen molar-refractivity contribution in [1.82, 2.24) is 25.2 Å². The van der Waals surface area contributed by atoms with Crippen molar-refractivity contribution in [1.29, 1.82) is 5.41 Å². The van der Waals surface area contributed by atoms with E-state index in [0.717, 1.165) is 16.6 Å². The molecule has 236 valence electrons. The maximum Gasteiger partial charge on any atom is 0.243 e. The lowest BCUT2D eigenvalue weighted by Gasteiger charge is -2.30. The minimum absolute atomic E-state index is 0.0457. The minimum Gasteiger partial charge on any atom is -0.511 e. The Morgan fingerprint density at radius 1 is 1.19 bits per heavy atom. The maximum absolute atomic E-state index is 13.7. The van der Waals surface area contributed by atoms with E-state index >= 15 is 0 Å². The van der Waals surface area contributed by atoms with Crippen LogP contribution in [0.3, 0.4) is 0 Å². The van der Waals surface area contributed by atoms with Gasteiger partial charge in [-0.15, -0.1) is 11.3 Å². The number of nitrogens with zero attached hydrogens (tertiary/aromatic N) is 4. The molecule has 1 aliphatic heterocycles. The number of aryl methyl sites for hydroxylation is 1. The number of hydrogen-bond acceptors (Lipinski definition) is 12. The number of β-amino-alcohol motifs (C(OH)–C–C–N with tert-alkyl or cyclic N) is 1. The van der Waals surface area contributed by atoms with E-state index in [2.05, 4.69) is 20.3 Å². The third kappa shape index (κ3) is 9.02.